The van der Waals surface area contributed by atoms with Gasteiger partial charge in [0, 0.05) is 18.5 Å². The summed E-state index contributed by atoms with van der Waals surface area (Å²) in [5.41, 5.74) is 3.11. The van der Waals surface area contributed by atoms with E-state index in [0.717, 1.165) is 22.4 Å². The van der Waals surface area contributed by atoms with Crippen molar-refractivity contribution in [2.24, 2.45) is 0 Å². The lowest BCUT2D eigenvalue weighted by Crippen LogP contribution is -2.28. The van der Waals surface area contributed by atoms with Crippen molar-refractivity contribution in [1.82, 2.24) is 10.6 Å². The second-order valence-corrected chi connectivity index (χ2v) is 7.53. The van der Waals surface area contributed by atoms with Gasteiger partial charge in [0.05, 0.1) is 13.7 Å². The molecule has 0 atom stereocenters. The second kappa shape index (κ2) is 12.8. The molecule has 182 valence electrons. The Labute approximate surface area is 204 Å². The molecule has 0 bridgehead atoms. The number of esters is 1. The van der Waals surface area contributed by atoms with Gasteiger partial charge in [0.25, 0.3) is 5.91 Å². The lowest BCUT2D eigenvalue weighted by molar-refractivity contribution is -0.143. The lowest BCUT2D eigenvalue weighted by atomic mass is 10.0. The number of hydrogen-bond donors (Lipinski definition) is 2. The molecular weight excluding hydrogens is 448 g/mol. The van der Waals surface area contributed by atoms with Gasteiger partial charge >= 0.3 is 12.1 Å². The Bertz CT molecular complexity index is 1140. The first-order valence-corrected chi connectivity index (χ1v) is 11.2. The van der Waals surface area contributed by atoms with Gasteiger partial charge in [-0.2, -0.15) is 0 Å². The fraction of sp³-hybridized carbons (Fsp3) is 0.222. The molecule has 8 nitrogen and oxygen atoms in total. The standard InChI is InChI=1S/C27H28N2O6/c1-3-25(30)34-16-15-28-26(31)22-6-4-5-21(17-22)20-9-13-24(14-10-20)35-27(32)29-18-19-7-11-23(33-2)12-8-19/h4-14,17H,3,15-16,18H2,1-2H3,(H,28,31)(H,29,32). The van der Waals surface area contributed by atoms with Gasteiger partial charge in [0.2, 0.25) is 0 Å². The monoisotopic (exact) mass is 476 g/mol. The Balaban J connectivity index is 1.51. The van der Waals surface area contributed by atoms with Crippen molar-refractivity contribution in [3.8, 4) is 22.6 Å². The minimum absolute atomic E-state index is 0.132. The molecule has 0 unspecified atom stereocenters. The quantitative estimate of drug-likeness (QED) is 0.333. The first kappa shape index (κ1) is 25.3. The van der Waals surface area contributed by atoms with Crippen molar-refractivity contribution < 1.29 is 28.6 Å². The average Bonchev–Trinajstić information content (AvgIpc) is 2.90. The van der Waals surface area contributed by atoms with Crippen LogP contribution in [-0.4, -0.2) is 38.2 Å². The minimum Gasteiger partial charge on any atom is -0.497 e. The zero-order valence-corrected chi connectivity index (χ0v) is 19.7. The van der Waals surface area contributed by atoms with Crippen molar-refractivity contribution in [2.75, 3.05) is 20.3 Å². The highest BCUT2D eigenvalue weighted by Crippen LogP contribution is 2.23. The molecule has 3 aromatic carbocycles. The molecule has 0 aliphatic rings. The number of methoxy groups -OCH3 is 1. The first-order chi connectivity index (χ1) is 17.0. The molecule has 2 N–H and O–H groups in total. The summed E-state index contributed by atoms with van der Waals surface area (Å²) in [4.78, 5) is 35.7. The fourth-order valence-corrected chi connectivity index (χ4v) is 3.15. The third kappa shape index (κ3) is 7.89. The molecule has 0 aliphatic carbocycles. The van der Waals surface area contributed by atoms with Crippen molar-refractivity contribution in [3.63, 3.8) is 0 Å². The van der Waals surface area contributed by atoms with Crippen LogP contribution in [0, 0.1) is 0 Å². The van der Waals surface area contributed by atoms with Gasteiger partial charge in [-0.25, -0.2) is 4.79 Å². The summed E-state index contributed by atoms with van der Waals surface area (Å²) in [5.74, 6) is 0.588. The van der Waals surface area contributed by atoms with E-state index in [1.807, 2.05) is 42.5 Å². The van der Waals surface area contributed by atoms with Crippen LogP contribution in [0.15, 0.2) is 72.8 Å². The molecule has 0 aliphatic heterocycles. The number of benzene rings is 3. The first-order valence-electron chi connectivity index (χ1n) is 11.2. The molecule has 0 saturated heterocycles. The molecule has 0 fully saturated rings. The summed E-state index contributed by atoms with van der Waals surface area (Å²) in [6.45, 7) is 2.41. The van der Waals surface area contributed by atoms with Crippen LogP contribution in [-0.2, 0) is 16.1 Å². The molecular formula is C27H28N2O6. The third-order valence-electron chi connectivity index (χ3n) is 5.06. The van der Waals surface area contributed by atoms with Crippen LogP contribution in [0.2, 0.25) is 0 Å². The normalized spacial score (nSPS) is 10.2. The van der Waals surface area contributed by atoms with E-state index in [2.05, 4.69) is 10.6 Å². The number of nitrogens with one attached hydrogen (secondary N) is 2. The Hall–Kier alpha value is -4.33. The summed E-state index contributed by atoms with van der Waals surface area (Å²) in [6.07, 6.45) is -0.259. The van der Waals surface area contributed by atoms with Crippen LogP contribution in [0.3, 0.4) is 0 Å². The number of amides is 2. The van der Waals surface area contributed by atoms with E-state index < -0.39 is 6.09 Å². The number of rotatable bonds is 10. The predicted octanol–water partition coefficient (Wildman–Crippen LogP) is 4.33. The molecule has 8 heteroatoms. The van der Waals surface area contributed by atoms with E-state index in [4.69, 9.17) is 14.2 Å². The molecule has 0 aromatic heterocycles. The predicted molar refractivity (Wildman–Crippen MR) is 131 cm³/mol. The van der Waals surface area contributed by atoms with Crippen LogP contribution in [0.4, 0.5) is 4.79 Å². The van der Waals surface area contributed by atoms with Gasteiger partial charge in [0.1, 0.15) is 18.1 Å². The van der Waals surface area contributed by atoms with Crippen LogP contribution < -0.4 is 20.1 Å². The second-order valence-electron chi connectivity index (χ2n) is 7.53. The molecule has 0 spiro atoms. The number of ether oxygens (including phenoxy) is 3. The minimum atomic E-state index is -0.558. The molecule has 2 amide bonds. The molecule has 0 heterocycles. The fourth-order valence-electron chi connectivity index (χ4n) is 3.15. The lowest BCUT2D eigenvalue weighted by Gasteiger charge is -2.09. The van der Waals surface area contributed by atoms with Crippen LogP contribution in [0.25, 0.3) is 11.1 Å². The van der Waals surface area contributed by atoms with E-state index >= 15 is 0 Å². The largest absolute Gasteiger partial charge is 0.497 e. The van der Waals surface area contributed by atoms with Gasteiger partial charge in [-0.1, -0.05) is 43.3 Å². The smallest absolute Gasteiger partial charge is 0.412 e. The van der Waals surface area contributed by atoms with E-state index in [0.29, 0.717) is 24.3 Å². The maximum absolute atomic E-state index is 12.4. The summed E-state index contributed by atoms with van der Waals surface area (Å²) in [7, 11) is 1.60. The van der Waals surface area contributed by atoms with Crippen molar-refractivity contribution in [2.45, 2.75) is 19.9 Å². The summed E-state index contributed by atoms with van der Waals surface area (Å²) < 4.78 is 15.4. The third-order valence-corrected chi connectivity index (χ3v) is 5.06. The van der Waals surface area contributed by atoms with E-state index in [-0.39, 0.29) is 25.0 Å². The van der Waals surface area contributed by atoms with E-state index in [1.54, 1.807) is 44.4 Å². The zero-order valence-electron chi connectivity index (χ0n) is 19.7. The highest BCUT2D eigenvalue weighted by molar-refractivity contribution is 5.95. The van der Waals surface area contributed by atoms with Crippen LogP contribution in [0.5, 0.6) is 11.5 Å². The van der Waals surface area contributed by atoms with Crippen molar-refractivity contribution in [3.05, 3.63) is 83.9 Å². The number of carbonyl (C=O) groups excluding carboxylic acids is 3. The molecule has 0 saturated carbocycles. The molecule has 35 heavy (non-hydrogen) atoms. The van der Waals surface area contributed by atoms with Crippen molar-refractivity contribution >= 4 is 18.0 Å². The van der Waals surface area contributed by atoms with Gasteiger partial charge in [-0.15, -0.1) is 0 Å². The Kier molecular flexibility index (Phi) is 9.24. The molecule has 0 radical (unpaired) electrons. The Morgan fingerprint density at radius 3 is 2.23 bits per heavy atom. The number of hydrogen-bond acceptors (Lipinski definition) is 6. The van der Waals surface area contributed by atoms with Crippen LogP contribution >= 0.6 is 0 Å². The van der Waals surface area contributed by atoms with E-state index in [9.17, 15) is 14.4 Å². The highest BCUT2D eigenvalue weighted by Gasteiger charge is 2.09. The topological polar surface area (TPSA) is 103 Å². The maximum atomic E-state index is 12.4. The Morgan fingerprint density at radius 1 is 0.829 bits per heavy atom. The van der Waals surface area contributed by atoms with Crippen molar-refractivity contribution in [1.29, 1.82) is 0 Å². The van der Waals surface area contributed by atoms with Gasteiger partial charge in [0.15, 0.2) is 0 Å². The van der Waals surface area contributed by atoms with Gasteiger partial charge < -0.3 is 24.8 Å². The summed E-state index contributed by atoms with van der Waals surface area (Å²) >= 11 is 0. The van der Waals surface area contributed by atoms with Gasteiger partial charge in [-0.3, -0.25) is 9.59 Å². The van der Waals surface area contributed by atoms with Gasteiger partial charge in [-0.05, 0) is 53.1 Å². The summed E-state index contributed by atoms with van der Waals surface area (Å²) in [6, 6.07) is 21.5. The van der Waals surface area contributed by atoms with E-state index in [1.165, 1.54) is 0 Å². The van der Waals surface area contributed by atoms with Crippen LogP contribution in [0.1, 0.15) is 29.3 Å². The Morgan fingerprint density at radius 2 is 1.54 bits per heavy atom. The molecule has 3 aromatic rings. The number of carbonyl (C=O) groups is 3. The zero-order chi connectivity index (χ0) is 25.0. The molecule has 3 rings (SSSR count). The summed E-state index contributed by atoms with van der Waals surface area (Å²) in [5, 5.41) is 5.44. The SMILES string of the molecule is CCC(=O)OCCNC(=O)c1cccc(-c2ccc(OC(=O)NCc3ccc(OC)cc3)cc2)c1. The maximum Gasteiger partial charge on any atom is 0.412 e. The highest BCUT2D eigenvalue weighted by atomic mass is 16.6. The average molecular weight is 477 g/mol.